The van der Waals surface area contributed by atoms with Crippen molar-refractivity contribution in [3.8, 4) is 11.8 Å². The first-order valence-corrected chi connectivity index (χ1v) is 4.75. The van der Waals surface area contributed by atoms with Crippen molar-refractivity contribution >= 4 is 15.9 Å². The van der Waals surface area contributed by atoms with Gasteiger partial charge in [0.05, 0.1) is 6.61 Å². The maximum Gasteiger partial charge on any atom is 0.114 e. The number of hydrogen-bond donors (Lipinski definition) is 1. The minimum atomic E-state index is 0.0972. The second-order valence-corrected chi connectivity index (χ2v) is 3.50. The van der Waals surface area contributed by atoms with Crippen molar-refractivity contribution in [2.45, 2.75) is 13.3 Å². The summed E-state index contributed by atoms with van der Waals surface area (Å²) in [7, 11) is 0. The lowest BCUT2D eigenvalue weighted by Crippen LogP contribution is -1.86. The highest BCUT2D eigenvalue weighted by atomic mass is 79.9. The summed E-state index contributed by atoms with van der Waals surface area (Å²) < 4.78 is 0.980. The number of aliphatic hydroxyl groups is 1. The van der Waals surface area contributed by atoms with E-state index < -0.39 is 0 Å². The Kier molecular flexibility index (Phi) is 3.94. The first-order chi connectivity index (χ1) is 6.22. The third kappa shape index (κ3) is 3.58. The quantitative estimate of drug-likeness (QED) is 0.760. The smallest absolute Gasteiger partial charge is 0.114 e. The van der Waals surface area contributed by atoms with Gasteiger partial charge in [-0.1, -0.05) is 21.9 Å². The van der Waals surface area contributed by atoms with Gasteiger partial charge in [-0.05, 0) is 25.0 Å². The fourth-order valence-corrected chi connectivity index (χ4v) is 1.45. The molecule has 3 heteroatoms. The Labute approximate surface area is 86.1 Å². The second kappa shape index (κ2) is 5.00. The number of rotatable bonds is 1. The molecule has 0 saturated heterocycles. The molecule has 0 atom stereocenters. The van der Waals surface area contributed by atoms with Crippen molar-refractivity contribution in [3.63, 3.8) is 0 Å². The summed E-state index contributed by atoms with van der Waals surface area (Å²) >= 11 is 3.36. The molecule has 0 bridgehead atoms. The van der Waals surface area contributed by atoms with Gasteiger partial charge in [-0.25, -0.2) is 4.98 Å². The number of hydrogen-bond acceptors (Lipinski definition) is 2. The Bertz CT molecular complexity index is 331. The van der Waals surface area contributed by atoms with Crippen LogP contribution in [0.5, 0.6) is 0 Å². The van der Waals surface area contributed by atoms with Gasteiger partial charge in [0.15, 0.2) is 0 Å². The van der Waals surface area contributed by atoms with Crippen LogP contribution in [0.4, 0.5) is 0 Å². The largest absolute Gasteiger partial charge is 0.395 e. The molecular formula is C10H10BrNO. The molecule has 68 valence electrons. The van der Waals surface area contributed by atoms with Crippen molar-refractivity contribution in [2.24, 2.45) is 0 Å². The molecule has 0 saturated carbocycles. The van der Waals surface area contributed by atoms with Crippen LogP contribution in [0.3, 0.4) is 0 Å². The molecule has 0 amide bonds. The molecule has 2 nitrogen and oxygen atoms in total. The van der Waals surface area contributed by atoms with E-state index in [9.17, 15) is 0 Å². The van der Waals surface area contributed by atoms with Gasteiger partial charge < -0.3 is 5.11 Å². The fourth-order valence-electron chi connectivity index (χ4n) is 0.899. The van der Waals surface area contributed by atoms with Crippen molar-refractivity contribution in [2.75, 3.05) is 6.61 Å². The number of aromatic nitrogens is 1. The summed E-state index contributed by atoms with van der Waals surface area (Å²) in [5.41, 5.74) is 1.67. The normalized spacial score (nSPS) is 9.15. The highest BCUT2D eigenvalue weighted by Crippen LogP contribution is 2.11. The molecule has 0 fully saturated rings. The minimum Gasteiger partial charge on any atom is -0.395 e. The van der Waals surface area contributed by atoms with Gasteiger partial charge in [0, 0.05) is 16.6 Å². The van der Waals surface area contributed by atoms with Gasteiger partial charge >= 0.3 is 0 Å². The molecule has 0 aliphatic rings. The summed E-state index contributed by atoms with van der Waals surface area (Å²) in [5.74, 6) is 5.70. The maximum absolute atomic E-state index is 8.52. The van der Waals surface area contributed by atoms with E-state index in [2.05, 4.69) is 32.8 Å². The summed E-state index contributed by atoms with van der Waals surface area (Å²) in [6.45, 7) is 2.02. The molecule has 0 unspecified atom stereocenters. The molecule has 13 heavy (non-hydrogen) atoms. The summed E-state index contributed by atoms with van der Waals surface area (Å²) in [5, 5.41) is 8.52. The van der Waals surface area contributed by atoms with E-state index in [1.54, 1.807) is 0 Å². The number of halogens is 1. The topological polar surface area (TPSA) is 33.1 Å². The molecule has 1 N–H and O–H groups in total. The van der Waals surface area contributed by atoms with Crippen LogP contribution in [0, 0.1) is 18.8 Å². The zero-order valence-electron chi connectivity index (χ0n) is 7.34. The van der Waals surface area contributed by atoms with Crippen molar-refractivity contribution in [1.29, 1.82) is 0 Å². The van der Waals surface area contributed by atoms with Gasteiger partial charge in [-0.2, -0.15) is 0 Å². The molecule has 0 aliphatic heterocycles. The Morgan fingerprint density at radius 1 is 1.54 bits per heavy atom. The van der Waals surface area contributed by atoms with Crippen LogP contribution in [-0.4, -0.2) is 16.7 Å². The summed E-state index contributed by atoms with van der Waals surface area (Å²) in [6, 6.07) is 3.79. The summed E-state index contributed by atoms with van der Waals surface area (Å²) in [4.78, 5) is 4.22. The molecule has 0 aliphatic carbocycles. The molecule has 1 aromatic heterocycles. The Morgan fingerprint density at radius 3 is 2.92 bits per heavy atom. The second-order valence-electron chi connectivity index (χ2n) is 2.59. The Hall–Kier alpha value is -0.850. The van der Waals surface area contributed by atoms with Crippen LogP contribution >= 0.6 is 15.9 Å². The van der Waals surface area contributed by atoms with E-state index in [1.165, 1.54) is 0 Å². The average molecular weight is 240 g/mol. The Morgan fingerprint density at radius 2 is 2.31 bits per heavy atom. The molecule has 0 radical (unpaired) electrons. The number of nitrogens with zero attached hydrogens (tertiary/aromatic N) is 1. The van der Waals surface area contributed by atoms with Crippen molar-refractivity contribution in [1.82, 2.24) is 4.98 Å². The van der Waals surface area contributed by atoms with Crippen molar-refractivity contribution < 1.29 is 5.11 Å². The molecule has 0 aromatic carbocycles. The van der Waals surface area contributed by atoms with Crippen LogP contribution in [-0.2, 0) is 0 Å². The lowest BCUT2D eigenvalue weighted by atomic mass is 10.3. The lowest BCUT2D eigenvalue weighted by molar-refractivity contribution is 0.305. The van der Waals surface area contributed by atoms with Crippen LogP contribution in [0.2, 0.25) is 0 Å². The molecule has 0 spiro atoms. The monoisotopic (exact) mass is 239 g/mol. The third-order valence-corrected chi connectivity index (χ3v) is 1.83. The standard InChI is InChI=1S/C10H10BrNO/c1-8-6-9(11)7-10(12-8)4-2-3-5-13/h6-7,13H,3,5H2,1H3. The molecule has 1 aromatic rings. The zero-order chi connectivity index (χ0) is 9.68. The highest BCUT2D eigenvalue weighted by molar-refractivity contribution is 9.10. The van der Waals surface area contributed by atoms with Crippen LogP contribution in [0.1, 0.15) is 17.8 Å². The lowest BCUT2D eigenvalue weighted by Gasteiger charge is -1.95. The van der Waals surface area contributed by atoms with E-state index in [0.717, 1.165) is 15.9 Å². The molecule has 1 heterocycles. The van der Waals surface area contributed by atoms with Crippen LogP contribution in [0.25, 0.3) is 0 Å². The number of pyridine rings is 1. The van der Waals surface area contributed by atoms with E-state index in [0.29, 0.717) is 6.42 Å². The van der Waals surface area contributed by atoms with Gasteiger partial charge in [0.1, 0.15) is 5.69 Å². The van der Waals surface area contributed by atoms with E-state index in [1.807, 2.05) is 19.1 Å². The van der Waals surface area contributed by atoms with E-state index in [4.69, 9.17) is 5.11 Å². The molecule has 1 rings (SSSR count). The Balaban J connectivity index is 2.85. The number of aliphatic hydroxyl groups excluding tert-OH is 1. The first kappa shape index (κ1) is 10.2. The average Bonchev–Trinajstić information content (AvgIpc) is 2.03. The van der Waals surface area contributed by atoms with Crippen molar-refractivity contribution in [3.05, 3.63) is 28.0 Å². The molecular weight excluding hydrogens is 230 g/mol. The number of aryl methyl sites for hydroxylation is 1. The van der Waals surface area contributed by atoms with E-state index >= 15 is 0 Å². The van der Waals surface area contributed by atoms with Gasteiger partial charge in [-0.3, -0.25) is 0 Å². The van der Waals surface area contributed by atoms with Gasteiger partial charge in [-0.15, -0.1) is 0 Å². The highest BCUT2D eigenvalue weighted by Gasteiger charge is 1.93. The fraction of sp³-hybridized carbons (Fsp3) is 0.300. The van der Waals surface area contributed by atoms with E-state index in [-0.39, 0.29) is 6.61 Å². The third-order valence-electron chi connectivity index (χ3n) is 1.37. The van der Waals surface area contributed by atoms with Crippen LogP contribution < -0.4 is 0 Å². The summed E-state index contributed by atoms with van der Waals surface area (Å²) in [6.07, 6.45) is 0.493. The predicted molar refractivity (Wildman–Crippen MR) is 55.3 cm³/mol. The van der Waals surface area contributed by atoms with Crippen LogP contribution in [0.15, 0.2) is 16.6 Å². The zero-order valence-corrected chi connectivity index (χ0v) is 8.93. The maximum atomic E-state index is 8.52. The van der Waals surface area contributed by atoms with Gasteiger partial charge in [0.2, 0.25) is 0 Å². The predicted octanol–water partition coefficient (Wildman–Crippen LogP) is 1.89. The first-order valence-electron chi connectivity index (χ1n) is 3.96. The minimum absolute atomic E-state index is 0.0972. The van der Waals surface area contributed by atoms with Gasteiger partial charge in [0.25, 0.3) is 0 Å². The SMILES string of the molecule is Cc1cc(Br)cc(C#CCCO)n1.